The monoisotopic (exact) mass is 304 g/mol. The number of nitrogen functional groups attached to an aromatic ring is 1. The Morgan fingerprint density at radius 3 is 2.37 bits per heavy atom. The number of hydrogen-bond donors (Lipinski definition) is 3. The number of nitrogens with one attached hydrogen (secondary N) is 1. The van der Waals surface area contributed by atoms with Gasteiger partial charge in [-0.05, 0) is 31.9 Å². The van der Waals surface area contributed by atoms with Crippen molar-refractivity contribution < 1.29 is 9.90 Å². The molecule has 19 heavy (non-hydrogen) atoms. The summed E-state index contributed by atoms with van der Waals surface area (Å²) in [6, 6.07) is 2.96. The van der Waals surface area contributed by atoms with Crippen molar-refractivity contribution in [3.05, 3.63) is 27.7 Å². The molecule has 0 aliphatic carbocycles. The molecular formula is C13H18Cl2N2O2. The summed E-state index contributed by atoms with van der Waals surface area (Å²) in [6.45, 7) is 3.83. The fourth-order valence-electron chi connectivity index (χ4n) is 1.64. The zero-order chi connectivity index (χ0) is 14.6. The molecule has 0 saturated heterocycles. The van der Waals surface area contributed by atoms with Crippen LogP contribution in [0.15, 0.2) is 12.1 Å². The third-order valence-corrected chi connectivity index (χ3v) is 3.83. The number of anilines is 1. The van der Waals surface area contributed by atoms with Crippen LogP contribution in [0.25, 0.3) is 0 Å². The number of amides is 1. The molecule has 1 amide bonds. The molecule has 0 heterocycles. The van der Waals surface area contributed by atoms with Crippen molar-refractivity contribution in [2.24, 2.45) is 0 Å². The van der Waals surface area contributed by atoms with E-state index < -0.39 is 5.54 Å². The summed E-state index contributed by atoms with van der Waals surface area (Å²) in [5.74, 6) is -0.290. The maximum atomic E-state index is 12.2. The maximum Gasteiger partial charge on any atom is 0.251 e. The molecule has 0 aromatic heterocycles. The van der Waals surface area contributed by atoms with E-state index in [1.165, 1.54) is 12.1 Å². The van der Waals surface area contributed by atoms with Crippen LogP contribution >= 0.6 is 23.2 Å². The van der Waals surface area contributed by atoms with E-state index in [2.05, 4.69) is 5.32 Å². The van der Waals surface area contributed by atoms with Gasteiger partial charge in [0.15, 0.2) is 0 Å². The van der Waals surface area contributed by atoms with Gasteiger partial charge < -0.3 is 16.2 Å². The van der Waals surface area contributed by atoms with E-state index in [-0.39, 0.29) is 28.2 Å². The number of carbonyl (C=O) groups excluding carboxylic acids is 1. The Balaban J connectivity index is 2.95. The molecule has 1 aromatic carbocycles. The summed E-state index contributed by atoms with van der Waals surface area (Å²) in [4.78, 5) is 12.2. The van der Waals surface area contributed by atoms with E-state index in [1.54, 1.807) is 0 Å². The molecule has 4 N–H and O–H groups in total. The molecular weight excluding hydrogens is 287 g/mol. The average molecular weight is 305 g/mol. The van der Waals surface area contributed by atoms with Gasteiger partial charge in [-0.2, -0.15) is 0 Å². The molecule has 0 bridgehead atoms. The van der Waals surface area contributed by atoms with Gasteiger partial charge in [0, 0.05) is 17.7 Å². The number of aliphatic hydroxyl groups is 1. The van der Waals surface area contributed by atoms with E-state index in [0.29, 0.717) is 18.4 Å². The second-order valence-corrected chi connectivity index (χ2v) is 5.51. The lowest BCUT2D eigenvalue weighted by molar-refractivity contribution is 0.0886. The lowest BCUT2D eigenvalue weighted by atomic mass is 9.94. The quantitative estimate of drug-likeness (QED) is 0.732. The first-order chi connectivity index (χ1) is 8.83. The van der Waals surface area contributed by atoms with Crippen LogP contribution in [0.4, 0.5) is 5.69 Å². The van der Waals surface area contributed by atoms with E-state index >= 15 is 0 Å². The zero-order valence-corrected chi connectivity index (χ0v) is 12.5. The number of benzene rings is 1. The van der Waals surface area contributed by atoms with Crippen molar-refractivity contribution in [3.8, 4) is 0 Å². The molecule has 0 radical (unpaired) electrons. The molecule has 106 valence electrons. The normalized spacial score (nSPS) is 13.9. The van der Waals surface area contributed by atoms with Crippen molar-refractivity contribution >= 4 is 34.8 Å². The van der Waals surface area contributed by atoms with Gasteiger partial charge in [0.05, 0.1) is 15.7 Å². The highest BCUT2D eigenvalue weighted by Gasteiger charge is 2.24. The Labute approximate surface area is 122 Å². The first-order valence-electron chi connectivity index (χ1n) is 6.01. The largest absolute Gasteiger partial charge is 0.396 e. The Morgan fingerprint density at radius 1 is 1.42 bits per heavy atom. The summed E-state index contributed by atoms with van der Waals surface area (Å²) < 4.78 is 0. The Bertz CT molecular complexity index is 457. The lowest BCUT2D eigenvalue weighted by Gasteiger charge is -2.29. The van der Waals surface area contributed by atoms with E-state index in [4.69, 9.17) is 34.0 Å². The van der Waals surface area contributed by atoms with Gasteiger partial charge in [-0.3, -0.25) is 4.79 Å². The topological polar surface area (TPSA) is 75.3 Å². The summed E-state index contributed by atoms with van der Waals surface area (Å²) in [7, 11) is 0. The second-order valence-electron chi connectivity index (χ2n) is 4.70. The summed E-state index contributed by atoms with van der Waals surface area (Å²) in [5, 5.41) is 12.4. The van der Waals surface area contributed by atoms with E-state index in [1.807, 2.05) is 13.8 Å². The number of nitrogens with two attached hydrogens (primary N) is 1. The van der Waals surface area contributed by atoms with Crippen molar-refractivity contribution in [1.82, 2.24) is 5.32 Å². The molecule has 0 aliphatic rings. The first-order valence-corrected chi connectivity index (χ1v) is 6.76. The number of hydrogen-bond acceptors (Lipinski definition) is 3. The number of halogens is 2. The molecule has 1 unspecified atom stereocenters. The zero-order valence-electron chi connectivity index (χ0n) is 11.0. The minimum absolute atomic E-state index is 0.00781. The highest BCUT2D eigenvalue weighted by atomic mass is 35.5. The van der Waals surface area contributed by atoms with Crippen LogP contribution < -0.4 is 11.1 Å². The highest BCUT2D eigenvalue weighted by Crippen LogP contribution is 2.29. The van der Waals surface area contributed by atoms with Crippen LogP contribution in [0, 0.1) is 0 Å². The van der Waals surface area contributed by atoms with Gasteiger partial charge in [0.25, 0.3) is 5.91 Å². The predicted octanol–water partition coefficient (Wildman–Crippen LogP) is 2.86. The number of rotatable bonds is 5. The fraction of sp³-hybridized carbons (Fsp3) is 0.462. The number of aliphatic hydroxyl groups excluding tert-OH is 1. The molecule has 1 atom stereocenters. The molecule has 4 nitrogen and oxygen atoms in total. The maximum absolute atomic E-state index is 12.2. The van der Waals surface area contributed by atoms with Crippen molar-refractivity contribution in [2.45, 2.75) is 32.2 Å². The smallest absolute Gasteiger partial charge is 0.251 e. The second kappa shape index (κ2) is 6.46. The standard InChI is InChI=1S/C13H18Cl2N2O2/c1-3-13(2,4-5-18)17-12(19)8-6-9(14)11(16)10(15)7-8/h6-7,18H,3-5,16H2,1-2H3,(H,17,19). The van der Waals surface area contributed by atoms with Crippen molar-refractivity contribution in [2.75, 3.05) is 12.3 Å². The van der Waals surface area contributed by atoms with Gasteiger partial charge in [-0.25, -0.2) is 0 Å². The average Bonchev–Trinajstić information content (AvgIpc) is 2.35. The van der Waals surface area contributed by atoms with Crippen molar-refractivity contribution in [1.29, 1.82) is 0 Å². The third-order valence-electron chi connectivity index (χ3n) is 3.20. The van der Waals surface area contributed by atoms with Crippen LogP contribution in [-0.2, 0) is 0 Å². The molecule has 1 aromatic rings. The van der Waals surface area contributed by atoms with Crippen LogP contribution in [0.3, 0.4) is 0 Å². The minimum Gasteiger partial charge on any atom is -0.396 e. The Hall–Kier alpha value is -0.970. The molecule has 0 aliphatic heterocycles. The summed E-state index contributed by atoms with van der Waals surface area (Å²) in [5.41, 5.74) is 5.76. The fourth-order valence-corrected chi connectivity index (χ4v) is 2.12. The molecule has 0 saturated carbocycles. The summed E-state index contributed by atoms with van der Waals surface area (Å²) in [6.07, 6.45) is 1.18. The highest BCUT2D eigenvalue weighted by molar-refractivity contribution is 6.39. The summed E-state index contributed by atoms with van der Waals surface area (Å²) >= 11 is 11.8. The van der Waals surface area contributed by atoms with Crippen LogP contribution in [-0.4, -0.2) is 23.2 Å². The molecule has 0 spiro atoms. The van der Waals surface area contributed by atoms with E-state index in [0.717, 1.165) is 0 Å². The van der Waals surface area contributed by atoms with Crippen molar-refractivity contribution in [3.63, 3.8) is 0 Å². The van der Waals surface area contributed by atoms with Gasteiger partial charge in [-0.15, -0.1) is 0 Å². The molecule has 1 rings (SSSR count). The van der Waals surface area contributed by atoms with Gasteiger partial charge >= 0.3 is 0 Å². The third kappa shape index (κ3) is 4.00. The number of carbonyl (C=O) groups is 1. The van der Waals surface area contributed by atoms with Crippen LogP contribution in [0.1, 0.15) is 37.0 Å². The van der Waals surface area contributed by atoms with Gasteiger partial charge in [0.2, 0.25) is 0 Å². The van der Waals surface area contributed by atoms with E-state index in [9.17, 15) is 4.79 Å². The minimum atomic E-state index is -0.466. The SMILES string of the molecule is CCC(C)(CCO)NC(=O)c1cc(Cl)c(N)c(Cl)c1. The van der Waals surface area contributed by atoms with Crippen LogP contribution in [0.5, 0.6) is 0 Å². The lowest BCUT2D eigenvalue weighted by Crippen LogP contribution is -2.46. The van der Waals surface area contributed by atoms with Crippen LogP contribution in [0.2, 0.25) is 10.0 Å². The predicted molar refractivity (Wildman–Crippen MR) is 78.7 cm³/mol. The van der Waals surface area contributed by atoms with Gasteiger partial charge in [-0.1, -0.05) is 30.1 Å². The molecule has 0 fully saturated rings. The van der Waals surface area contributed by atoms with Gasteiger partial charge in [0.1, 0.15) is 0 Å². The Kier molecular flexibility index (Phi) is 5.47. The Morgan fingerprint density at radius 2 is 1.95 bits per heavy atom. The molecule has 6 heteroatoms. The first kappa shape index (κ1) is 16.1.